The van der Waals surface area contributed by atoms with Crippen molar-refractivity contribution < 1.29 is 13.2 Å². The molecule has 6 nitrogen and oxygen atoms in total. The summed E-state index contributed by atoms with van der Waals surface area (Å²) in [4.78, 5) is 17.4. The van der Waals surface area contributed by atoms with Crippen LogP contribution in [0.2, 0.25) is 15.1 Å². The molecule has 10 heteroatoms. The Balaban J connectivity index is 1.54. The van der Waals surface area contributed by atoms with Gasteiger partial charge in [-0.15, -0.1) is 0 Å². The van der Waals surface area contributed by atoms with Gasteiger partial charge in [0.2, 0.25) is 15.9 Å². The summed E-state index contributed by atoms with van der Waals surface area (Å²) in [5, 5.41) is 1.08. The van der Waals surface area contributed by atoms with Crippen molar-refractivity contribution in [1.29, 1.82) is 0 Å². The van der Waals surface area contributed by atoms with Crippen LogP contribution in [0.5, 0.6) is 0 Å². The molecule has 1 amide bonds. The molecule has 0 unspecified atom stereocenters. The maximum Gasteiger partial charge on any atom is 0.243 e. The molecule has 0 atom stereocenters. The van der Waals surface area contributed by atoms with Gasteiger partial charge in [0.05, 0.1) is 11.4 Å². The zero-order chi connectivity index (χ0) is 26.7. The number of piperazine rings is 1. The van der Waals surface area contributed by atoms with Crippen LogP contribution in [0.25, 0.3) is 0 Å². The highest BCUT2D eigenvalue weighted by Crippen LogP contribution is 2.29. The van der Waals surface area contributed by atoms with Gasteiger partial charge in [-0.2, -0.15) is 4.31 Å². The third-order valence-corrected chi connectivity index (χ3v) is 9.47. The highest BCUT2D eigenvalue weighted by atomic mass is 35.5. The minimum atomic E-state index is -4.05. The van der Waals surface area contributed by atoms with Crippen molar-refractivity contribution in [1.82, 2.24) is 9.21 Å². The molecule has 0 spiro atoms. The summed E-state index contributed by atoms with van der Waals surface area (Å²) in [6, 6.07) is 17.0. The molecule has 3 aromatic rings. The third kappa shape index (κ3) is 6.24. The van der Waals surface area contributed by atoms with E-state index in [1.54, 1.807) is 23.1 Å². The number of carbonyl (C=O) groups is 1. The molecule has 0 N–H and O–H groups in total. The van der Waals surface area contributed by atoms with Crippen LogP contribution in [-0.2, 0) is 21.4 Å². The second-order valence-corrected chi connectivity index (χ2v) is 12.2. The van der Waals surface area contributed by atoms with Crippen LogP contribution in [0.3, 0.4) is 0 Å². The molecule has 1 heterocycles. The zero-order valence-corrected chi connectivity index (χ0v) is 23.7. The Bertz CT molecular complexity index is 1370. The Hall–Kier alpha value is -2.29. The SMILES string of the molecule is Cc1cccc(N2CCN(C(=O)CN(Cc3c(Cl)cccc3Cl)S(=O)(=O)c3ccc(Cl)cc3)CC2)c1C. The maximum absolute atomic E-state index is 13.6. The first-order valence-corrected chi connectivity index (χ1v) is 14.4. The largest absolute Gasteiger partial charge is 0.368 e. The minimum absolute atomic E-state index is 0.0348. The van der Waals surface area contributed by atoms with Gasteiger partial charge in [-0.1, -0.05) is 53.0 Å². The Morgan fingerprint density at radius 2 is 1.46 bits per heavy atom. The summed E-state index contributed by atoms with van der Waals surface area (Å²) in [6.45, 7) is 6.02. The van der Waals surface area contributed by atoms with Crippen molar-refractivity contribution >= 4 is 56.4 Å². The Morgan fingerprint density at radius 1 is 0.865 bits per heavy atom. The third-order valence-electron chi connectivity index (χ3n) is 6.71. The van der Waals surface area contributed by atoms with E-state index < -0.39 is 10.0 Å². The molecule has 1 aliphatic heterocycles. The summed E-state index contributed by atoms with van der Waals surface area (Å²) in [5.41, 5.74) is 4.04. The van der Waals surface area contributed by atoms with Crippen LogP contribution in [0.1, 0.15) is 16.7 Å². The predicted molar refractivity (Wildman–Crippen MR) is 150 cm³/mol. The summed E-state index contributed by atoms with van der Waals surface area (Å²) in [5.74, 6) is -0.277. The van der Waals surface area contributed by atoms with E-state index >= 15 is 0 Å². The first kappa shape index (κ1) is 27.7. The van der Waals surface area contributed by atoms with Gasteiger partial charge < -0.3 is 9.80 Å². The average molecular weight is 581 g/mol. The predicted octanol–water partition coefficient (Wildman–Crippen LogP) is 5.80. The van der Waals surface area contributed by atoms with Crippen LogP contribution < -0.4 is 4.90 Å². The van der Waals surface area contributed by atoms with E-state index in [-0.39, 0.29) is 23.9 Å². The van der Waals surface area contributed by atoms with Crippen LogP contribution in [0.4, 0.5) is 5.69 Å². The molecule has 37 heavy (non-hydrogen) atoms. The number of nitrogens with zero attached hydrogens (tertiary/aromatic N) is 3. The summed E-state index contributed by atoms with van der Waals surface area (Å²) < 4.78 is 28.4. The zero-order valence-electron chi connectivity index (χ0n) is 20.6. The van der Waals surface area contributed by atoms with Gasteiger partial charge in [0.25, 0.3) is 0 Å². The van der Waals surface area contributed by atoms with Crippen LogP contribution in [-0.4, -0.2) is 56.3 Å². The van der Waals surface area contributed by atoms with Gasteiger partial charge in [0.15, 0.2) is 0 Å². The number of sulfonamides is 1. The number of benzene rings is 3. The van der Waals surface area contributed by atoms with Crippen LogP contribution in [0, 0.1) is 13.8 Å². The molecular weight excluding hydrogens is 553 g/mol. The van der Waals surface area contributed by atoms with Crippen molar-refractivity contribution in [2.24, 2.45) is 0 Å². The molecule has 0 saturated carbocycles. The van der Waals surface area contributed by atoms with E-state index in [0.717, 1.165) is 9.99 Å². The fourth-order valence-corrected chi connectivity index (χ4v) is 6.37. The number of carbonyl (C=O) groups excluding carboxylic acids is 1. The second-order valence-electron chi connectivity index (χ2n) is 9.01. The van der Waals surface area contributed by atoms with E-state index in [1.165, 1.54) is 35.4 Å². The molecule has 0 aromatic heterocycles. The minimum Gasteiger partial charge on any atom is -0.368 e. The van der Waals surface area contributed by atoms with Crippen molar-refractivity contribution in [2.75, 3.05) is 37.6 Å². The molecule has 1 saturated heterocycles. The topological polar surface area (TPSA) is 60.9 Å². The lowest BCUT2D eigenvalue weighted by atomic mass is 10.1. The average Bonchev–Trinajstić information content (AvgIpc) is 2.87. The Labute approximate surface area is 233 Å². The molecule has 0 radical (unpaired) electrons. The lowest BCUT2D eigenvalue weighted by Crippen LogP contribution is -2.52. The molecule has 0 bridgehead atoms. The first-order valence-electron chi connectivity index (χ1n) is 11.9. The van der Waals surface area contributed by atoms with Crippen molar-refractivity contribution in [3.8, 4) is 0 Å². The monoisotopic (exact) mass is 579 g/mol. The summed E-state index contributed by atoms with van der Waals surface area (Å²) in [7, 11) is -4.05. The number of rotatable bonds is 7. The highest BCUT2D eigenvalue weighted by molar-refractivity contribution is 7.89. The lowest BCUT2D eigenvalue weighted by molar-refractivity contribution is -0.131. The lowest BCUT2D eigenvalue weighted by Gasteiger charge is -2.37. The van der Waals surface area contributed by atoms with Crippen LogP contribution >= 0.6 is 34.8 Å². The van der Waals surface area contributed by atoms with Gasteiger partial charge >= 0.3 is 0 Å². The number of aryl methyl sites for hydroxylation is 1. The van der Waals surface area contributed by atoms with Gasteiger partial charge in [-0.25, -0.2) is 8.42 Å². The van der Waals surface area contributed by atoms with Crippen molar-refractivity contribution in [2.45, 2.75) is 25.3 Å². The number of halogens is 3. The highest BCUT2D eigenvalue weighted by Gasteiger charge is 2.31. The number of amides is 1. The summed E-state index contributed by atoms with van der Waals surface area (Å²) >= 11 is 18.7. The fourth-order valence-electron chi connectivity index (χ4n) is 4.37. The van der Waals surface area contributed by atoms with Crippen LogP contribution in [0.15, 0.2) is 65.6 Å². The van der Waals surface area contributed by atoms with Gasteiger partial charge in [0, 0.05) is 59.0 Å². The Kier molecular flexibility index (Phi) is 8.71. The quantitative estimate of drug-likeness (QED) is 0.354. The van der Waals surface area contributed by atoms with E-state index in [0.29, 0.717) is 46.8 Å². The summed E-state index contributed by atoms with van der Waals surface area (Å²) in [6.07, 6.45) is 0. The van der Waals surface area contributed by atoms with E-state index in [1.807, 2.05) is 6.07 Å². The van der Waals surface area contributed by atoms with E-state index in [2.05, 4.69) is 30.9 Å². The number of anilines is 1. The van der Waals surface area contributed by atoms with Crippen molar-refractivity contribution in [3.05, 3.63) is 92.4 Å². The molecule has 0 aliphatic carbocycles. The van der Waals surface area contributed by atoms with E-state index in [4.69, 9.17) is 34.8 Å². The molecule has 4 rings (SSSR count). The van der Waals surface area contributed by atoms with Gasteiger partial charge in [0.1, 0.15) is 0 Å². The molecular formula is C27H28Cl3N3O3S. The molecule has 196 valence electrons. The normalized spacial score (nSPS) is 14.3. The van der Waals surface area contributed by atoms with Crippen molar-refractivity contribution in [3.63, 3.8) is 0 Å². The van der Waals surface area contributed by atoms with E-state index in [9.17, 15) is 13.2 Å². The molecule has 1 aliphatic rings. The standard InChI is InChI=1S/C27H28Cl3N3O3S/c1-19-5-3-8-26(20(19)2)31-13-15-32(16-14-31)27(34)18-33(17-23-24(29)6-4-7-25(23)30)37(35,36)22-11-9-21(28)10-12-22/h3-12H,13-18H2,1-2H3. The number of hydrogen-bond donors (Lipinski definition) is 0. The molecule has 1 fully saturated rings. The van der Waals surface area contributed by atoms with Gasteiger partial charge in [-0.3, -0.25) is 4.79 Å². The fraction of sp³-hybridized carbons (Fsp3) is 0.296. The smallest absolute Gasteiger partial charge is 0.243 e. The number of hydrogen-bond acceptors (Lipinski definition) is 4. The molecule has 3 aromatic carbocycles. The Morgan fingerprint density at radius 3 is 2.08 bits per heavy atom. The van der Waals surface area contributed by atoms with Gasteiger partial charge in [-0.05, 0) is 67.4 Å². The second kappa shape index (κ2) is 11.6. The first-order chi connectivity index (χ1) is 17.6. The maximum atomic E-state index is 13.6.